The van der Waals surface area contributed by atoms with Gasteiger partial charge in [-0.15, -0.1) is 0 Å². The first-order valence-electron chi connectivity index (χ1n) is 8.59. The van der Waals surface area contributed by atoms with Gasteiger partial charge in [0.1, 0.15) is 5.82 Å². The van der Waals surface area contributed by atoms with Gasteiger partial charge in [0.25, 0.3) is 0 Å². The van der Waals surface area contributed by atoms with Gasteiger partial charge in [-0.05, 0) is 43.3 Å². The smallest absolute Gasteiger partial charge is 0.308 e. The zero-order valence-electron chi connectivity index (χ0n) is 15.7. The normalized spacial score (nSPS) is 11.3. The number of aromatic nitrogens is 3. The Balaban J connectivity index is 1.88. The molecule has 0 unspecified atom stereocenters. The second-order valence-corrected chi connectivity index (χ2v) is 7.76. The molecule has 0 atom stereocenters. The summed E-state index contributed by atoms with van der Waals surface area (Å²) in [4.78, 5) is 16.8. The molecule has 0 spiro atoms. The van der Waals surface area contributed by atoms with Gasteiger partial charge in [-0.3, -0.25) is 10.3 Å². The Morgan fingerprint density at radius 2 is 1.78 bits per heavy atom. The third-order valence-corrected chi connectivity index (χ3v) is 4.21. The van der Waals surface area contributed by atoms with Crippen molar-refractivity contribution in [3.05, 3.63) is 65.1 Å². The molecule has 0 radical (unpaired) electrons. The van der Waals surface area contributed by atoms with Crippen LogP contribution in [0.2, 0.25) is 5.02 Å². The average molecular weight is 384 g/mol. The maximum absolute atomic E-state index is 12.5. The van der Waals surface area contributed by atoms with E-state index in [2.05, 4.69) is 41.5 Å². The molecule has 3 aromatic rings. The fraction of sp³-hybridized carbons (Fsp3) is 0.250. The highest BCUT2D eigenvalue weighted by Crippen LogP contribution is 2.26. The monoisotopic (exact) mass is 383 g/mol. The van der Waals surface area contributed by atoms with Gasteiger partial charge in [0, 0.05) is 27.9 Å². The Bertz CT molecular complexity index is 940. The van der Waals surface area contributed by atoms with E-state index in [0.717, 1.165) is 17.1 Å². The third kappa shape index (κ3) is 4.65. The van der Waals surface area contributed by atoms with Crippen molar-refractivity contribution in [1.29, 1.82) is 0 Å². The van der Waals surface area contributed by atoms with Gasteiger partial charge in [-0.1, -0.05) is 32.4 Å². The van der Waals surface area contributed by atoms with Crippen LogP contribution in [0, 0.1) is 6.92 Å². The molecule has 0 aliphatic rings. The zero-order valence-corrected chi connectivity index (χ0v) is 16.5. The highest BCUT2D eigenvalue weighted by atomic mass is 35.5. The Hall–Kier alpha value is -2.86. The van der Waals surface area contributed by atoms with Crippen molar-refractivity contribution in [2.75, 3.05) is 10.6 Å². The molecule has 7 heteroatoms. The first-order valence-corrected chi connectivity index (χ1v) is 8.97. The molecule has 0 saturated heterocycles. The van der Waals surface area contributed by atoms with Crippen molar-refractivity contribution in [3.63, 3.8) is 0 Å². The summed E-state index contributed by atoms with van der Waals surface area (Å²) in [5.41, 5.74) is 3.04. The number of nitrogens with zero attached hydrogens (tertiary/aromatic N) is 3. The Labute approximate surface area is 163 Å². The van der Waals surface area contributed by atoms with E-state index in [1.165, 1.54) is 0 Å². The number of hydrogen-bond acceptors (Lipinski definition) is 3. The predicted octanol–water partition coefficient (Wildman–Crippen LogP) is 5.17. The van der Waals surface area contributed by atoms with E-state index in [9.17, 15) is 4.79 Å². The van der Waals surface area contributed by atoms with E-state index < -0.39 is 0 Å². The van der Waals surface area contributed by atoms with E-state index in [0.29, 0.717) is 16.5 Å². The van der Waals surface area contributed by atoms with Gasteiger partial charge in [0.2, 0.25) is 0 Å². The number of pyridine rings is 1. The second-order valence-electron chi connectivity index (χ2n) is 7.32. The number of aryl methyl sites for hydroxylation is 1. The molecule has 0 fully saturated rings. The summed E-state index contributed by atoms with van der Waals surface area (Å²) in [6.07, 6.45) is 1.73. The SMILES string of the molecule is Cc1ccc(-n2nc(C(C)(C)C)cc2NC(=O)Nc2ccc(Cl)cc2)cn1. The minimum Gasteiger partial charge on any atom is -0.308 e. The van der Waals surface area contributed by atoms with Crippen molar-refractivity contribution < 1.29 is 4.79 Å². The summed E-state index contributed by atoms with van der Waals surface area (Å²) in [6.45, 7) is 8.14. The largest absolute Gasteiger partial charge is 0.324 e. The number of hydrogen-bond donors (Lipinski definition) is 2. The van der Waals surface area contributed by atoms with Crippen molar-refractivity contribution in [2.45, 2.75) is 33.1 Å². The van der Waals surface area contributed by atoms with Crippen LogP contribution in [0.3, 0.4) is 0 Å². The minimum absolute atomic E-state index is 0.160. The highest BCUT2D eigenvalue weighted by molar-refractivity contribution is 6.30. The van der Waals surface area contributed by atoms with Crippen molar-refractivity contribution in [3.8, 4) is 5.69 Å². The Morgan fingerprint density at radius 3 is 2.37 bits per heavy atom. The molecule has 2 N–H and O–H groups in total. The molecular formula is C20H22ClN5O. The number of amides is 2. The second kappa shape index (κ2) is 7.40. The van der Waals surface area contributed by atoms with Crippen molar-refractivity contribution in [1.82, 2.24) is 14.8 Å². The van der Waals surface area contributed by atoms with Crippen LogP contribution in [0.25, 0.3) is 5.69 Å². The molecule has 2 amide bonds. The lowest BCUT2D eigenvalue weighted by molar-refractivity contribution is 0.262. The van der Waals surface area contributed by atoms with Gasteiger partial charge in [0.15, 0.2) is 0 Å². The number of anilines is 2. The lowest BCUT2D eigenvalue weighted by Crippen LogP contribution is -2.21. The number of rotatable bonds is 3. The molecule has 2 heterocycles. The molecule has 6 nitrogen and oxygen atoms in total. The van der Waals surface area contributed by atoms with E-state index in [1.54, 1.807) is 35.1 Å². The standard InChI is InChI=1S/C20H22ClN5O/c1-13-5-10-16(12-22-13)26-18(11-17(25-26)20(2,3)4)24-19(27)23-15-8-6-14(21)7-9-15/h5-12H,1-4H3,(H2,23,24,27). The lowest BCUT2D eigenvalue weighted by Gasteiger charge is -2.14. The van der Waals surface area contributed by atoms with E-state index in [4.69, 9.17) is 11.6 Å². The Morgan fingerprint density at radius 1 is 1.07 bits per heavy atom. The maximum atomic E-state index is 12.5. The first-order chi connectivity index (χ1) is 12.7. The van der Waals surface area contributed by atoms with Crippen molar-refractivity contribution >= 4 is 29.1 Å². The van der Waals surface area contributed by atoms with Gasteiger partial charge < -0.3 is 5.32 Å². The summed E-state index contributed by atoms with van der Waals surface area (Å²) in [5, 5.41) is 10.9. The number of urea groups is 1. The molecule has 0 saturated carbocycles. The molecule has 140 valence electrons. The van der Waals surface area contributed by atoms with Crippen LogP contribution >= 0.6 is 11.6 Å². The summed E-state index contributed by atoms with van der Waals surface area (Å²) in [6, 6.07) is 12.3. The van der Waals surface area contributed by atoms with E-state index in [1.807, 2.05) is 25.1 Å². The van der Waals surface area contributed by atoms with Crippen LogP contribution in [0.5, 0.6) is 0 Å². The molecule has 1 aromatic carbocycles. The van der Waals surface area contributed by atoms with Gasteiger partial charge in [0.05, 0.1) is 17.6 Å². The van der Waals surface area contributed by atoms with E-state index in [-0.39, 0.29) is 11.4 Å². The topological polar surface area (TPSA) is 71.8 Å². The van der Waals surface area contributed by atoms with Crippen LogP contribution in [0.4, 0.5) is 16.3 Å². The lowest BCUT2D eigenvalue weighted by atomic mass is 9.92. The molecular weight excluding hydrogens is 362 g/mol. The van der Waals surface area contributed by atoms with Gasteiger partial charge >= 0.3 is 6.03 Å². The van der Waals surface area contributed by atoms with Crippen LogP contribution in [-0.2, 0) is 5.41 Å². The molecule has 27 heavy (non-hydrogen) atoms. The molecule has 0 aliphatic heterocycles. The molecule has 0 aliphatic carbocycles. The summed E-state index contributed by atoms with van der Waals surface area (Å²) in [5.74, 6) is 0.567. The number of benzene rings is 1. The number of nitrogens with one attached hydrogen (secondary N) is 2. The zero-order chi connectivity index (χ0) is 19.6. The number of carbonyl (C=O) groups excluding carboxylic acids is 1. The maximum Gasteiger partial charge on any atom is 0.324 e. The minimum atomic E-state index is -0.362. The highest BCUT2D eigenvalue weighted by Gasteiger charge is 2.21. The van der Waals surface area contributed by atoms with E-state index >= 15 is 0 Å². The fourth-order valence-electron chi connectivity index (χ4n) is 2.43. The Kier molecular flexibility index (Phi) is 5.19. The molecule has 2 aromatic heterocycles. The van der Waals surface area contributed by atoms with Crippen LogP contribution < -0.4 is 10.6 Å². The summed E-state index contributed by atoms with van der Waals surface area (Å²) < 4.78 is 1.69. The third-order valence-electron chi connectivity index (χ3n) is 3.96. The quantitative estimate of drug-likeness (QED) is 0.655. The average Bonchev–Trinajstić information content (AvgIpc) is 3.02. The van der Waals surface area contributed by atoms with Gasteiger partial charge in [-0.25, -0.2) is 9.48 Å². The fourth-order valence-corrected chi connectivity index (χ4v) is 2.56. The van der Waals surface area contributed by atoms with Gasteiger partial charge in [-0.2, -0.15) is 5.10 Å². The van der Waals surface area contributed by atoms with Crippen LogP contribution in [0.1, 0.15) is 32.2 Å². The first kappa shape index (κ1) is 18.9. The number of halogens is 1. The molecule has 3 rings (SSSR count). The summed E-state index contributed by atoms with van der Waals surface area (Å²) >= 11 is 5.88. The van der Waals surface area contributed by atoms with Crippen LogP contribution in [0.15, 0.2) is 48.7 Å². The number of carbonyl (C=O) groups is 1. The van der Waals surface area contributed by atoms with Crippen LogP contribution in [-0.4, -0.2) is 20.8 Å². The summed E-state index contributed by atoms with van der Waals surface area (Å²) in [7, 11) is 0. The predicted molar refractivity (Wildman–Crippen MR) is 109 cm³/mol. The molecule has 0 bridgehead atoms. The van der Waals surface area contributed by atoms with Crippen molar-refractivity contribution in [2.24, 2.45) is 0 Å².